The minimum absolute atomic E-state index is 0.376. The van der Waals surface area contributed by atoms with Crippen LogP contribution in [0.5, 0.6) is 0 Å². The summed E-state index contributed by atoms with van der Waals surface area (Å²) in [4.78, 5) is 21.1. The summed E-state index contributed by atoms with van der Waals surface area (Å²) in [5, 5.41) is 0. The molecule has 1 amide bonds. The number of benzene rings is 1. The van der Waals surface area contributed by atoms with E-state index in [0.717, 1.165) is 0 Å². The van der Waals surface area contributed by atoms with E-state index in [2.05, 4.69) is 4.52 Å². The second-order valence-corrected chi connectivity index (χ2v) is 3.53. The first-order valence-electron chi connectivity index (χ1n) is 4.22. The van der Waals surface area contributed by atoms with E-state index in [-0.39, 0.29) is 5.91 Å². The first kappa shape index (κ1) is 11.8. The molecule has 0 saturated heterocycles. The van der Waals surface area contributed by atoms with E-state index in [1.54, 1.807) is 31.3 Å². The molecule has 1 atom stereocenters. The maximum Gasteiger partial charge on any atom is 0.695 e. The van der Waals surface area contributed by atoms with E-state index in [9.17, 15) is 9.36 Å². The van der Waals surface area contributed by atoms with Crippen molar-refractivity contribution in [2.24, 2.45) is 0 Å². The molecule has 0 aliphatic carbocycles. The van der Waals surface area contributed by atoms with Crippen LogP contribution in [0.3, 0.4) is 0 Å². The number of likely N-dealkylation sites (N-methyl/N-ethyl adjacent to an activating group) is 1. The largest absolute Gasteiger partial charge is 0.695 e. The van der Waals surface area contributed by atoms with Gasteiger partial charge < -0.3 is 4.90 Å². The molecule has 15 heavy (non-hydrogen) atoms. The van der Waals surface area contributed by atoms with Crippen molar-refractivity contribution in [2.75, 3.05) is 18.6 Å². The predicted molar refractivity (Wildman–Crippen MR) is 55.6 cm³/mol. The van der Waals surface area contributed by atoms with Gasteiger partial charge in [-0.15, -0.1) is 9.42 Å². The molecule has 6 heteroatoms. The third-order valence-electron chi connectivity index (χ3n) is 1.82. The van der Waals surface area contributed by atoms with Crippen LogP contribution < -0.4 is 4.90 Å². The standard InChI is InChI=1S/C9H10NO4P/c1-10(8-5-3-2-4-6-8)9(11)7-14-15(12)13/h2-6H,7H2,1H3/p+1. The summed E-state index contributed by atoms with van der Waals surface area (Å²) in [5.41, 5.74) is 0.708. The third kappa shape index (κ3) is 3.75. The quantitative estimate of drug-likeness (QED) is 0.789. The second kappa shape index (κ2) is 5.56. The number of nitrogens with zero attached hydrogens (tertiary/aromatic N) is 1. The van der Waals surface area contributed by atoms with E-state index in [0.29, 0.717) is 5.69 Å². The Morgan fingerprint density at radius 1 is 1.47 bits per heavy atom. The van der Waals surface area contributed by atoms with Gasteiger partial charge in [-0.1, -0.05) is 18.2 Å². The van der Waals surface area contributed by atoms with E-state index in [1.165, 1.54) is 4.90 Å². The molecular weight excluding hydrogens is 217 g/mol. The van der Waals surface area contributed by atoms with Crippen LogP contribution in [0.4, 0.5) is 5.69 Å². The summed E-state index contributed by atoms with van der Waals surface area (Å²) < 4.78 is 14.5. The lowest BCUT2D eigenvalue weighted by molar-refractivity contribution is -0.120. The van der Waals surface area contributed by atoms with Crippen molar-refractivity contribution in [1.29, 1.82) is 0 Å². The summed E-state index contributed by atoms with van der Waals surface area (Å²) >= 11 is 0. The molecule has 0 aromatic heterocycles. The topological polar surface area (TPSA) is 66.8 Å². The van der Waals surface area contributed by atoms with Crippen LogP contribution in [0.25, 0.3) is 0 Å². The summed E-state index contributed by atoms with van der Waals surface area (Å²) in [6, 6.07) is 8.95. The number of hydrogen-bond donors (Lipinski definition) is 1. The van der Waals surface area contributed by atoms with Crippen LogP contribution in [0.15, 0.2) is 30.3 Å². The highest BCUT2D eigenvalue weighted by Crippen LogP contribution is 2.16. The fourth-order valence-corrected chi connectivity index (χ4v) is 1.22. The fraction of sp³-hybridized carbons (Fsp3) is 0.222. The molecule has 0 radical (unpaired) electrons. The van der Waals surface area contributed by atoms with Crippen LogP contribution >= 0.6 is 8.25 Å². The Morgan fingerprint density at radius 3 is 2.60 bits per heavy atom. The van der Waals surface area contributed by atoms with E-state index in [1.807, 2.05) is 6.07 Å². The molecule has 1 aromatic carbocycles. The molecule has 0 heterocycles. The molecule has 0 spiro atoms. The Balaban J connectivity index is 2.57. The second-order valence-electron chi connectivity index (χ2n) is 2.80. The van der Waals surface area contributed by atoms with Crippen LogP contribution in [-0.2, 0) is 13.9 Å². The number of carbonyl (C=O) groups excluding carboxylic acids is 1. The first-order chi connectivity index (χ1) is 7.11. The minimum Gasteiger partial charge on any atom is -0.313 e. The van der Waals surface area contributed by atoms with Crippen molar-refractivity contribution in [1.82, 2.24) is 0 Å². The number of rotatable bonds is 4. The Morgan fingerprint density at radius 2 is 2.07 bits per heavy atom. The molecule has 1 unspecified atom stereocenters. The number of para-hydroxylation sites is 1. The van der Waals surface area contributed by atoms with Gasteiger partial charge in [0.05, 0.1) is 0 Å². The van der Waals surface area contributed by atoms with Crippen LogP contribution in [0.2, 0.25) is 0 Å². The van der Waals surface area contributed by atoms with Crippen molar-refractivity contribution in [3.8, 4) is 0 Å². The summed E-state index contributed by atoms with van der Waals surface area (Å²) in [7, 11) is -1.15. The van der Waals surface area contributed by atoms with Crippen LogP contribution in [-0.4, -0.2) is 24.5 Å². The molecule has 80 valence electrons. The Labute approximate surface area is 88.2 Å². The Bertz CT molecular complexity index is 354. The monoisotopic (exact) mass is 228 g/mol. The van der Waals surface area contributed by atoms with Gasteiger partial charge in [-0.2, -0.15) is 0 Å². The zero-order chi connectivity index (χ0) is 11.3. The molecule has 0 bridgehead atoms. The van der Waals surface area contributed by atoms with Gasteiger partial charge in [-0.05, 0) is 12.1 Å². The predicted octanol–water partition coefficient (Wildman–Crippen LogP) is 1.32. The Kier molecular flexibility index (Phi) is 4.37. The highest BCUT2D eigenvalue weighted by molar-refractivity contribution is 7.32. The average Bonchev–Trinajstić information content (AvgIpc) is 2.26. The number of anilines is 1. The van der Waals surface area contributed by atoms with Gasteiger partial charge in [-0.3, -0.25) is 4.79 Å². The van der Waals surface area contributed by atoms with E-state index < -0.39 is 14.9 Å². The summed E-state index contributed by atoms with van der Waals surface area (Å²) in [6.45, 7) is -0.406. The normalized spacial score (nSPS) is 10.9. The molecule has 0 saturated carbocycles. The van der Waals surface area contributed by atoms with Crippen molar-refractivity contribution in [3.63, 3.8) is 0 Å². The van der Waals surface area contributed by atoms with Crippen LogP contribution in [0.1, 0.15) is 0 Å². The number of carbonyl (C=O) groups is 1. The zero-order valence-corrected chi connectivity index (χ0v) is 9.05. The fourth-order valence-electron chi connectivity index (χ4n) is 1.00. The highest BCUT2D eigenvalue weighted by atomic mass is 31.1. The zero-order valence-electron chi connectivity index (χ0n) is 8.16. The van der Waals surface area contributed by atoms with Gasteiger partial charge in [-0.25, -0.2) is 0 Å². The van der Waals surface area contributed by atoms with E-state index >= 15 is 0 Å². The SMILES string of the molecule is CN(C(=O)CO[P+](=O)O)c1ccccc1. The summed E-state index contributed by atoms with van der Waals surface area (Å²) in [5.74, 6) is -0.376. The smallest absolute Gasteiger partial charge is 0.313 e. The van der Waals surface area contributed by atoms with Gasteiger partial charge in [0.25, 0.3) is 5.91 Å². The molecule has 0 fully saturated rings. The molecule has 1 rings (SSSR count). The maximum absolute atomic E-state index is 11.4. The maximum atomic E-state index is 11.4. The average molecular weight is 228 g/mol. The lowest BCUT2D eigenvalue weighted by Crippen LogP contribution is -2.29. The molecule has 1 aromatic rings. The van der Waals surface area contributed by atoms with Gasteiger partial charge in [0.15, 0.2) is 6.61 Å². The number of amides is 1. The lowest BCUT2D eigenvalue weighted by atomic mass is 10.3. The molecule has 0 aliphatic heterocycles. The lowest BCUT2D eigenvalue weighted by Gasteiger charge is -2.15. The molecular formula is C9H11NO4P+. The highest BCUT2D eigenvalue weighted by Gasteiger charge is 2.18. The van der Waals surface area contributed by atoms with Gasteiger partial charge >= 0.3 is 8.25 Å². The first-order valence-corrected chi connectivity index (χ1v) is 5.35. The number of hydrogen-bond acceptors (Lipinski definition) is 3. The molecule has 5 nitrogen and oxygen atoms in total. The molecule has 1 N–H and O–H groups in total. The minimum atomic E-state index is -2.72. The van der Waals surface area contributed by atoms with E-state index in [4.69, 9.17) is 4.89 Å². The summed E-state index contributed by atoms with van der Waals surface area (Å²) in [6.07, 6.45) is 0. The third-order valence-corrected chi connectivity index (χ3v) is 2.17. The van der Waals surface area contributed by atoms with Crippen molar-refractivity contribution >= 4 is 19.8 Å². The van der Waals surface area contributed by atoms with Crippen molar-refractivity contribution in [2.45, 2.75) is 0 Å². The van der Waals surface area contributed by atoms with Gasteiger partial charge in [0.1, 0.15) is 0 Å². The van der Waals surface area contributed by atoms with Crippen molar-refractivity contribution < 1.29 is 18.8 Å². The van der Waals surface area contributed by atoms with Gasteiger partial charge in [0, 0.05) is 17.3 Å². The van der Waals surface area contributed by atoms with Crippen molar-refractivity contribution in [3.05, 3.63) is 30.3 Å². The Hall–Kier alpha value is -1.29. The van der Waals surface area contributed by atoms with Gasteiger partial charge in [0.2, 0.25) is 0 Å². The molecule has 0 aliphatic rings. The van der Waals surface area contributed by atoms with Crippen LogP contribution in [0, 0.1) is 0 Å².